The van der Waals surface area contributed by atoms with Gasteiger partial charge in [0.25, 0.3) is 0 Å². The molecule has 0 aromatic heterocycles. The van der Waals surface area contributed by atoms with Crippen LogP contribution in [0.4, 0.5) is 0 Å². The second-order valence-electron chi connectivity index (χ2n) is 30.5. The first-order valence-electron chi connectivity index (χ1n) is 42.5. The third kappa shape index (κ3) is 76.1. The first kappa shape index (κ1) is 99.1. The van der Waals surface area contributed by atoms with E-state index in [1.54, 1.807) is 0 Å². The number of hydrogen-bond acceptors (Lipinski definition) is 15. The van der Waals surface area contributed by atoms with Gasteiger partial charge in [-0.05, 0) is 37.5 Å². The Kier molecular flexibility index (Phi) is 72.2. The van der Waals surface area contributed by atoms with Crippen LogP contribution in [-0.4, -0.2) is 96.7 Å². The molecule has 0 fully saturated rings. The first-order valence-corrected chi connectivity index (χ1v) is 45.5. The van der Waals surface area contributed by atoms with Crippen LogP contribution in [0, 0.1) is 11.8 Å². The van der Waals surface area contributed by atoms with Crippen molar-refractivity contribution in [2.24, 2.45) is 11.8 Å². The second-order valence-corrected chi connectivity index (χ2v) is 33.4. The average Bonchev–Trinajstić information content (AvgIpc) is 1.03. The van der Waals surface area contributed by atoms with Gasteiger partial charge in [-0.15, -0.1) is 0 Å². The molecule has 0 bridgehead atoms. The Labute approximate surface area is 619 Å². The number of carbonyl (C=O) groups excluding carboxylic acids is 4. The van der Waals surface area contributed by atoms with E-state index in [2.05, 4.69) is 41.5 Å². The number of esters is 4. The Morgan fingerprint density at radius 3 is 0.673 bits per heavy atom. The summed E-state index contributed by atoms with van der Waals surface area (Å²) in [6.07, 6.45) is 63.8. The van der Waals surface area contributed by atoms with Crippen molar-refractivity contribution in [2.45, 2.75) is 452 Å². The molecule has 0 heterocycles. The fourth-order valence-corrected chi connectivity index (χ4v) is 14.3. The van der Waals surface area contributed by atoms with Crippen LogP contribution in [0.25, 0.3) is 0 Å². The van der Waals surface area contributed by atoms with Crippen molar-refractivity contribution < 1.29 is 80.2 Å². The number of aliphatic hydroxyl groups excluding tert-OH is 1. The Morgan fingerprint density at radius 1 is 0.267 bits per heavy atom. The molecule has 0 aromatic carbocycles. The number of carbonyl (C=O) groups is 4. The molecule has 0 radical (unpaired) electrons. The molecule has 0 saturated carbocycles. The summed E-state index contributed by atoms with van der Waals surface area (Å²) >= 11 is 0. The molecular weight excluding hydrogens is 1320 g/mol. The van der Waals surface area contributed by atoms with E-state index < -0.39 is 97.5 Å². The molecule has 5 atom stereocenters. The molecule has 0 aliphatic carbocycles. The average molecular weight is 1480 g/mol. The third-order valence-corrected chi connectivity index (χ3v) is 21.1. The van der Waals surface area contributed by atoms with Gasteiger partial charge >= 0.3 is 39.5 Å². The highest BCUT2D eigenvalue weighted by Crippen LogP contribution is 2.45. The molecule has 2 unspecified atom stereocenters. The maximum atomic E-state index is 13.1. The summed E-state index contributed by atoms with van der Waals surface area (Å²) in [5.74, 6) is -0.530. The Hall–Kier alpha value is -1.94. The van der Waals surface area contributed by atoms with Crippen LogP contribution >= 0.6 is 15.6 Å². The van der Waals surface area contributed by atoms with Gasteiger partial charge in [0.2, 0.25) is 0 Å². The summed E-state index contributed by atoms with van der Waals surface area (Å²) in [7, 11) is -9.92. The van der Waals surface area contributed by atoms with E-state index in [9.17, 15) is 43.2 Å². The third-order valence-electron chi connectivity index (χ3n) is 19.2. The quantitative estimate of drug-likeness (QED) is 0.0222. The fraction of sp³-hybridized carbons (Fsp3) is 0.951. The standard InChI is InChI=1S/C82H160O17P2/c1-7-9-11-13-15-17-19-20-21-22-23-24-25-30-36-42-48-54-60-66-81(86)99-78(71-93-80(85)65-59-53-47-41-35-29-27-26-28-33-38-44-50-56-62-74(3)4)73-97-101(90,91)95-69-76(83)68-94-100(88,89)96-72-77(70-92-79(84)64-58-52-46-40-18-16-14-12-10-8-2)98-82(87)67-61-55-49-43-37-32-31-34-39-45-51-57-63-75(5)6/h74-78,83H,7-73H2,1-6H3,(H,88,89)(H,90,91)/t76-,77+,78+/m0/s1. The lowest BCUT2D eigenvalue weighted by atomic mass is 10.0. The van der Waals surface area contributed by atoms with Crippen LogP contribution in [0.5, 0.6) is 0 Å². The van der Waals surface area contributed by atoms with Crippen LogP contribution in [0.3, 0.4) is 0 Å². The summed E-state index contributed by atoms with van der Waals surface area (Å²) in [6.45, 7) is 9.67. The minimum atomic E-state index is -4.96. The van der Waals surface area contributed by atoms with Gasteiger partial charge in [0.15, 0.2) is 12.2 Å². The maximum Gasteiger partial charge on any atom is 0.472 e. The van der Waals surface area contributed by atoms with Gasteiger partial charge in [-0.25, -0.2) is 9.13 Å². The van der Waals surface area contributed by atoms with Crippen LogP contribution in [-0.2, 0) is 65.4 Å². The molecule has 0 aliphatic heterocycles. The van der Waals surface area contributed by atoms with Gasteiger partial charge in [0.05, 0.1) is 26.4 Å². The number of phosphoric acid groups is 2. The molecule has 600 valence electrons. The lowest BCUT2D eigenvalue weighted by Gasteiger charge is -2.21. The summed E-state index contributed by atoms with van der Waals surface area (Å²) in [4.78, 5) is 73.1. The zero-order valence-corrected chi connectivity index (χ0v) is 68.0. The molecule has 17 nitrogen and oxygen atoms in total. The molecular formula is C82H160O17P2. The Balaban J connectivity index is 5.24. The monoisotopic (exact) mass is 1480 g/mol. The minimum Gasteiger partial charge on any atom is -0.462 e. The highest BCUT2D eigenvalue weighted by atomic mass is 31.2. The van der Waals surface area contributed by atoms with Crippen molar-refractivity contribution in [3.8, 4) is 0 Å². The molecule has 0 rings (SSSR count). The zero-order chi connectivity index (χ0) is 74.2. The molecule has 0 aromatic rings. The van der Waals surface area contributed by atoms with Gasteiger partial charge in [-0.2, -0.15) is 0 Å². The van der Waals surface area contributed by atoms with Crippen molar-refractivity contribution in [1.82, 2.24) is 0 Å². The van der Waals surface area contributed by atoms with Gasteiger partial charge in [0, 0.05) is 25.7 Å². The van der Waals surface area contributed by atoms with Gasteiger partial charge in [-0.3, -0.25) is 37.3 Å². The van der Waals surface area contributed by atoms with Crippen LogP contribution in [0.15, 0.2) is 0 Å². The highest BCUT2D eigenvalue weighted by Gasteiger charge is 2.30. The lowest BCUT2D eigenvalue weighted by molar-refractivity contribution is -0.161. The zero-order valence-electron chi connectivity index (χ0n) is 66.2. The summed E-state index contributed by atoms with van der Waals surface area (Å²) in [5.41, 5.74) is 0. The molecule has 0 amide bonds. The van der Waals surface area contributed by atoms with Crippen molar-refractivity contribution >= 4 is 39.5 Å². The predicted octanol–water partition coefficient (Wildman–Crippen LogP) is 24.7. The normalized spacial score (nSPS) is 13.9. The minimum absolute atomic E-state index is 0.107. The lowest BCUT2D eigenvalue weighted by Crippen LogP contribution is -2.30. The van der Waals surface area contributed by atoms with Gasteiger partial charge < -0.3 is 33.8 Å². The second kappa shape index (κ2) is 73.6. The van der Waals surface area contributed by atoms with Gasteiger partial charge in [-0.1, -0.05) is 382 Å². The van der Waals surface area contributed by atoms with E-state index in [0.29, 0.717) is 25.7 Å². The highest BCUT2D eigenvalue weighted by molar-refractivity contribution is 7.47. The number of hydrogen-bond donors (Lipinski definition) is 3. The van der Waals surface area contributed by atoms with Crippen LogP contribution in [0.1, 0.15) is 433 Å². The number of rotatable bonds is 81. The SMILES string of the molecule is CCCCCCCCCCCCCCCCCCCCCC(=O)O[C@H](COC(=O)CCCCCCCCCCCCCCCCC(C)C)COP(=O)(O)OC[C@@H](O)COP(=O)(O)OC[C@@H](COC(=O)CCCCCCCCCCCC)OC(=O)CCCCCCCCCCCCCCC(C)C. The van der Waals surface area contributed by atoms with Crippen LogP contribution < -0.4 is 0 Å². The number of aliphatic hydroxyl groups is 1. The predicted molar refractivity (Wildman–Crippen MR) is 414 cm³/mol. The van der Waals surface area contributed by atoms with Gasteiger partial charge in [0.1, 0.15) is 19.3 Å². The first-order chi connectivity index (χ1) is 48.9. The maximum absolute atomic E-state index is 13.1. The fourth-order valence-electron chi connectivity index (χ4n) is 12.7. The van der Waals surface area contributed by atoms with Crippen molar-refractivity contribution in [3.63, 3.8) is 0 Å². The number of unbranched alkanes of at least 4 members (excludes halogenated alkanes) is 51. The summed E-state index contributed by atoms with van der Waals surface area (Å²) in [5, 5.41) is 10.6. The van der Waals surface area contributed by atoms with E-state index in [4.69, 9.17) is 37.0 Å². The van der Waals surface area contributed by atoms with E-state index in [0.717, 1.165) is 102 Å². The van der Waals surface area contributed by atoms with Crippen molar-refractivity contribution in [2.75, 3.05) is 39.6 Å². The topological polar surface area (TPSA) is 237 Å². The Bertz CT molecular complexity index is 1940. The summed E-state index contributed by atoms with van der Waals surface area (Å²) in [6, 6.07) is 0. The van der Waals surface area contributed by atoms with E-state index in [-0.39, 0.29) is 25.7 Å². The molecule has 3 N–H and O–H groups in total. The number of ether oxygens (including phenoxy) is 4. The molecule has 0 aliphatic rings. The summed E-state index contributed by atoms with van der Waals surface area (Å²) < 4.78 is 68.8. The number of phosphoric ester groups is 2. The smallest absolute Gasteiger partial charge is 0.462 e. The van der Waals surface area contributed by atoms with Crippen molar-refractivity contribution in [1.29, 1.82) is 0 Å². The Morgan fingerprint density at radius 2 is 0.455 bits per heavy atom. The van der Waals surface area contributed by atoms with E-state index in [1.165, 1.54) is 250 Å². The van der Waals surface area contributed by atoms with E-state index in [1.807, 2.05) is 0 Å². The molecule has 0 spiro atoms. The molecule has 0 saturated heterocycles. The molecule has 19 heteroatoms. The molecule has 101 heavy (non-hydrogen) atoms. The van der Waals surface area contributed by atoms with Crippen molar-refractivity contribution in [3.05, 3.63) is 0 Å². The van der Waals surface area contributed by atoms with Crippen LogP contribution in [0.2, 0.25) is 0 Å². The van der Waals surface area contributed by atoms with E-state index >= 15 is 0 Å². The largest absolute Gasteiger partial charge is 0.472 e.